The average molecular weight is 222 g/mol. The molecule has 0 aliphatic carbocycles. The maximum absolute atomic E-state index is 9.36. The molecule has 1 aliphatic rings. The Morgan fingerprint density at radius 1 is 1.56 bits per heavy atom. The molecule has 4 heteroatoms. The second-order valence-corrected chi connectivity index (χ2v) is 4.22. The molecule has 1 N–H and O–H groups in total. The lowest BCUT2D eigenvalue weighted by Gasteiger charge is -2.23. The van der Waals surface area contributed by atoms with Crippen molar-refractivity contribution in [2.45, 2.75) is 25.5 Å². The molecule has 0 saturated carbocycles. The molecule has 88 valence electrons. The summed E-state index contributed by atoms with van der Waals surface area (Å²) in [6.07, 6.45) is 1.06. The summed E-state index contributed by atoms with van der Waals surface area (Å²) < 4.78 is 5.34. The van der Waals surface area contributed by atoms with Crippen molar-refractivity contribution in [3.05, 3.63) is 23.9 Å². The Bertz CT molecular complexity index is 357. The molecule has 4 nitrogen and oxygen atoms in total. The van der Waals surface area contributed by atoms with Crippen molar-refractivity contribution in [2.75, 3.05) is 25.2 Å². The maximum Gasteiger partial charge on any atom is 0.129 e. The highest BCUT2D eigenvalue weighted by molar-refractivity contribution is 5.42. The van der Waals surface area contributed by atoms with Crippen molar-refractivity contribution < 1.29 is 9.84 Å². The number of hydrogen-bond donors (Lipinski definition) is 1. The van der Waals surface area contributed by atoms with Gasteiger partial charge in [0, 0.05) is 19.3 Å². The van der Waals surface area contributed by atoms with Gasteiger partial charge in [0.05, 0.1) is 18.8 Å². The Labute approximate surface area is 95.9 Å². The van der Waals surface area contributed by atoms with E-state index in [0.717, 1.165) is 24.5 Å². The first-order valence-corrected chi connectivity index (χ1v) is 5.58. The fourth-order valence-corrected chi connectivity index (χ4v) is 2.19. The molecule has 0 amide bonds. The summed E-state index contributed by atoms with van der Waals surface area (Å²) in [6.45, 7) is 2.93. The minimum Gasteiger partial charge on any atom is -0.394 e. The molecule has 0 unspecified atom stereocenters. The zero-order chi connectivity index (χ0) is 11.5. The Hall–Kier alpha value is -1.13. The van der Waals surface area contributed by atoms with Gasteiger partial charge in [-0.15, -0.1) is 0 Å². The fraction of sp³-hybridized carbons (Fsp3) is 0.583. The van der Waals surface area contributed by atoms with Crippen LogP contribution in [-0.4, -0.2) is 42.5 Å². The van der Waals surface area contributed by atoms with Gasteiger partial charge >= 0.3 is 0 Å². The smallest absolute Gasteiger partial charge is 0.129 e. The zero-order valence-corrected chi connectivity index (χ0v) is 9.76. The van der Waals surface area contributed by atoms with E-state index < -0.39 is 0 Å². The second kappa shape index (κ2) is 4.80. The fourth-order valence-electron chi connectivity index (χ4n) is 2.19. The molecule has 16 heavy (non-hydrogen) atoms. The molecular weight excluding hydrogens is 204 g/mol. The number of hydrogen-bond acceptors (Lipinski definition) is 4. The third-order valence-electron chi connectivity index (χ3n) is 3.09. The average Bonchev–Trinajstić information content (AvgIpc) is 2.72. The normalized spacial score (nSPS) is 25.1. The van der Waals surface area contributed by atoms with E-state index in [1.807, 2.05) is 25.1 Å². The number of pyridine rings is 1. The van der Waals surface area contributed by atoms with E-state index in [1.165, 1.54) is 0 Å². The van der Waals surface area contributed by atoms with Crippen LogP contribution < -0.4 is 4.90 Å². The summed E-state index contributed by atoms with van der Waals surface area (Å²) in [5, 5.41) is 9.36. The van der Waals surface area contributed by atoms with Gasteiger partial charge in [0.2, 0.25) is 0 Å². The lowest BCUT2D eigenvalue weighted by molar-refractivity contribution is 0.115. The van der Waals surface area contributed by atoms with E-state index in [2.05, 4.69) is 9.88 Å². The molecule has 2 heterocycles. The highest BCUT2D eigenvalue weighted by Gasteiger charge is 2.32. The van der Waals surface area contributed by atoms with E-state index in [1.54, 1.807) is 7.11 Å². The minimum atomic E-state index is 0.124. The first kappa shape index (κ1) is 11.4. The van der Waals surface area contributed by atoms with Crippen molar-refractivity contribution in [1.82, 2.24) is 4.98 Å². The third-order valence-corrected chi connectivity index (χ3v) is 3.09. The van der Waals surface area contributed by atoms with Gasteiger partial charge < -0.3 is 14.7 Å². The lowest BCUT2D eigenvalue weighted by Crippen LogP contribution is -2.33. The van der Waals surface area contributed by atoms with Crippen LogP contribution in [0.2, 0.25) is 0 Å². The molecule has 1 aromatic rings. The molecule has 0 bridgehead atoms. The maximum atomic E-state index is 9.36. The van der Waals surface area contributed by atoms with Gasteiger partial charge in [0.1, 0.15) is 5.82 Å². The topological polar surface area (TPSA) is 45.6 Å². The summed E-state index contributed by atoms with van der Waals surface area (Å²) in [7, 11) is 1.71. The summed E-state index contributed by atoms with van der Waals surface area (Å²) in [5.74, 6) is 0.929. The minimum absolute atomic E-state index is 0.124. The van der Waals surface area contributed by atoms with Crippen molar-refractivity contribution in [3.63, 3.8) is 0 Å². The molecule has 0 spiro atoms. The number of ether oxygens (including phenoxy) is 1. The number of methoxy groups -OCH3 is 1. The lowest BCUT2D eigenvalue weighted by atomic mass is 10.2. The van der Waals surface area contributed by atoms with Crippen LogP contribution in [-0.2, 0) is 4.74 Å². The highest BCUT2D eigenvalue weighted by atomic mass is 16.5. The molecule has 1 aromatic heterocycles. The van der Waals surface area contributed by atoms with Crippen LogP contribution in [0.25, 0.3) is 0 Å². The van der Waals surface area contributed by atoms with Crippen molar-refractivity contribution in [3.8, 4) is 0 Å². The second-order valence-electron chi connectivity index (χ2n) is 4.22. The van der Waals surface area contributed by atoms with Crippen LogP contribution in [0, 0.1) is 6.92 Å². The summed E-state index contributed by atoms with van der Waals surface area (Å²) in [4.78, 5) is 6.61. The molecule has 1 saturated heterocycles. The molecular formula is C12H18N2O2. The Kier molecular flexibility index (Phi) is 3.41. The van der Waals surface area contributed by atoms with Crippen LogP contribution >= 0.6 is 0 Å². The predicted octanol–water partition coefficient (Wildman–Crippen LogP) is 0.976. The molecule has 0 radical (unpaired) electrons. The largest absolute Gasteiger partial charge is 0.394 e. The van der Waals surface area contributed by atoms with Gasteiger partial charge in [-0.1, -0.05) is 6.07 Å². The van der Waals surface area contributed by atoms with Crippen molar-refractivity contribution >= 4 is 5.82 Å². The number of anilines is 1. The van der Waals surface area contributed by atoms with Crippen molar-refractivity contribution in [2.24, 2.45) is 0 Å². The number of aromatic nitrogens is 1. The number of rotatable bonds is 3. The van der Waals surface area contributed by atoms with Crippen molar-refractivity contribution in [1.29, 1.82) is 0 Å². The first-order chi connectivity index (χ1) is 7.74. The highest BCUT2D eigenvalue weighted by Crippen LogP contribution is 2.25. The quantitative estimate of drug-likeness (QED) is 0.828. The van der Waals surface area contributed by atoms with E-state index in [9.17, 15) is 5.11 Å². The third kappa shape index (κ3) is 2.18. The van der Waals surface area contributed by atoms with Crippen LogP contribution in [0.5, 0.6) is 0 Å². The summed E-state index contributed by atoms with van der Waals surface area (Å²) >= 11 is 0. The van der Waals surface area contributed by atoms with Gasteiger partial charge in [-0.3, -0.25) is 0 Å². The van der Waals surface area contributed by atoms with Gasteiger partial charge in [0.25, 0.3) is 0 Å². The predicted molar refractivity (Wildman–Crippen MR) is 62.6 cm³/mol. The SMILES string of the molecule is CO[C@H]1C[C@@H](CO)N(c2cccc(C)n2)C1. The summed E-state index contributed by atoms with van der Waals surface area (Å²) in [5.41, 5.74) is 0.995. The molecule has 0 aromatic carbocycles. The van der Waals surface area contributed by atoms with Crippen LogP contribution in [0.15, 0.2) is 18.2 Å². The Morgan fingerprint density at radius 3 is 3.00 bits per heavy atom. The van der Waals surface area contributed by atoms with Crippen LogP contribution in [0.1, 0.15) is 12.1 Å². The zero-order valence-electron chi connectivity index (χ0n) is 9.76. The monoisotopic (exact) mass is 222 g/mol. The summed E-state index contributed by atoms with van der Waals surface area (Å²) in [6, 6.07) is 6.07. The van der Waals surface area contributed by atoms with Gasteiger partial charge in [-0.2, -0.15) is 0 Å². The van der Waals surface area contributed by atoms with Crippen LogP contribution in [0.3, 0.4) is 0 Å². The van der Waals surface area contributed by atoms with Gasteiger partial charge in [-0.05, 0) is 25.5 Å². The van der Waals surface area contributed by atoms with E-state index >= 15 is 0 Å². The molecule has 2 atom stereocenters. The molecule has 1 fully saturated rings. The van der Waals surface area contributed by atoms with E-state index in [-0.39, 0.29) is 18.8 Å². The van der Waals surface area contributed by atoms with Gasteiger partial charge in [-0.25, -0.2) is 4.98 Å². The Morgan fingerprint density at radius 2 is 2.38 bits per heavy atom. The van der Waals surface area contributed by atoms with E-state index in [0.29, 0.717) is 0 Å². The van der Waals surface area contributed by atoms with Crippen LogP contribution in [0.4, 0.5) is 5.82 Å². The number of aliphatic hydroxyl groups is 1. The number of nitrogens with zero attached hydrogens (tertiary/aromatic N) is 2. The number of aryl methyl sites for hydroxylation is 1. The number of aliphatic hydroxyl groups excluding tert-OH is 1. The standard InChI is InChI=1S/C12H18N2O2/c1-9-4-3-5-12(13-9)14-7-11(16-2)6-10(14)8-15/h3-5,10-11,15H,6-8H2,1-2H3/t10-,11-/m0/s1. The molecule has 2 rings (SSSR count). The first-order valence-electron chi connectivity index (χ1n) is 5.58. The Balaban J connectivity index is 2.19. The molecule has 1 aliphatic heterocycles. The van der Waals surface area contributed by atoms with E-state index in [4.69, 9.17) is 4.74 Å². The van der Waals surface area contributed by atoms with Gasteiger partial charge in [0.15, 0.2) is 0 Å².